The number of carbonyl (C=O) groups excluding carboxylic acids is 2. The van der Waals surface area contributed by atoms with E-state index in [4.69, 9.17) is 4.74 Å². The van der Waals surface area contributed by atoms with Crippen molar-refractivity contribution in [2.24, 2.45) is 0 Å². The fourth-order valence-electron chi connectivity index (χ4n) is 3.13. The number of nitro groups is 1. The number of nitrogens with zero attached hydrogens (tertiary/aromatic N) is 3. The van der Waals surface area contributed by atoms with Crippen LogP contribution in [0.2, 0.25) is 0 Å². The van der Waals surface area contributed by atoms with Crippen LogP contribution in [0.3, 0.4) is 0 Å². The Morgan fingerprint density at radius 2 is 1.87 bits per heavy atom. The topological polar surface area (TPSA) is 117 Å². The predicted molar refractivity (Wildman–Crippen MR) is 114 cm³/mol. The first-order valence-corrected chi connectivity index (χ1v) is 10.1. The number of nitrogens with one attached hydrogen (secondary N) is 2. The van der Waals surface area contributed by atoms with Crippen LogP contribution in [0.1, 0.15) is 37.6 Å². The standard InChI is InChI=1S/C20H31N5O5/c1-20(2,3)30-19(27)24-12-10-23(11-13-24)9-5-8-22-18(26)16-14-15(25(28)29)6-7-17(16)21-4/h6-7,14,21H,5,8-13H2,1-4H3,(H,22,26). The van der Waals surface area contributed by atoms with Crippen LogP contribution >= 0.6 is 0 Å². The van der Waals surface area contributed by atoms with Crippen molar-refractivity contribution in [1.82, 2.24) is 15.1 Å². The highest BCUT2D eigenvalue weighted by atomic mass is 16.6. The van der Waals surface area contributed by atoms with E-state index in [0.29, 0.717) is 25.3 Å². The minimum Gasteiger partial charge on any atom is -0.444 e. The average molecular weight is 421 g/mol. The molecule has 2 amide bonds. The molecule has 1 saturated heterocycles. The number of hydrogen-bond acceptors (Lipinski definition) is 7. The fraction of sp³-hybridized carbons (Fsp3) is 0.600. The highest BCUT2D eigenvalue weighted by Crippen LogP contribution is 2.21. The lowest BCUT2D eigenvalue weighted by Gasteiger charge is -2.35. The number of nitro benzene ring substituents is 1. The zero-order chi connectivity index (χ0) is 22.3. The van der Waals surface area contributed by atoms with Gasteiger partial charge in [-0.15, -0.1) is 0 Å². The van der Waals surface area contributed by atoms with Crippen molar-refractivity contribution in [3.8, 4) is 0 Å². The van der Waals surface area contributed by atoms with Gasteiger partial charge in [0.1, 0.15) is 5.60 Å². The second-order valence-electron chi connectivity index (χ2n) is 8.16. The summed E-state index contributed by atoms with van der Waals surface area (Å²) in [6, 6.07) is 4.16. The third-order valence-electron chi connectivity index (χ3n) is 4.69. The lowest BCUT2D eigenvalue weighted by atomic mass is 10.1. The van der Waals surface area contributed by atoms with E-state index >= 15 is 0 Å². The van der Waals surface area contributed by atoms with Crippen molar-refractivity contribution in [2.45, 2.75) is 32.8 Å². The number of benzene rings is 1. The average Bonchev–Trinajstić information content (AvgIpc) is 2.69. The van der Waals surface area contributed by atoms with Gasteiger partial charge >= 0.3 is 6.09 Å². The van der Waals surface area contributed by atoms with Gasteiger partial charge in [-0.05, 0) is 39.8 Å². The van der Waals surface area contributed by atoms with Gasteiger partial charge < -0.3 is 20.3 Å². The predicted octanol–water partition coefficient (Wildman–Crippen LogP) is 2.31. The van der Waals surface area contributed by atoms with Gasteiger partial charge in [0, 0.05) is 57.6 Å². The van der Waals surface area contributed by atoms with Crippen molar-refractivity contribution in [2.75, 3.05) is 51.6 Å². The molecule has 1 aromatic rings. The SMILES string of the molecule is CNc1ccc([N+](=O)[O-])cc1C(=O)NCCCN1CCN(C(=O)OC(C)(C)C)CC1. The molecular weight excluding hydrogens is 390 g/mol. The van der Waals surface area contributed by atoms with Gasteiger partial charge in [-0.1, -0.05) is 0 Å². The molecular formula is C20H31N5O5. The summed E-state index contributed by atoms with van der Waals surface area (Å²) in [6.45, 7) is 9.52. The maximum Gasteiger partial charge on any atom is 0.410 e. The van der Waals surface area contributed by atoms with Crippen LogP contribution in [-0.4, -0.2) is 78.6 Å². The van der Waals surface area contributed by atoms with Gasteiger partial charge in [0.25, 0.3) is 11.6 Å². The number of non-ortho nitro benzene ring substituents is 1. The Kier molecular flexibility index (Phi) is 7.99. The van der Waals surface area contributed by atoms with Gasteiger partial charge in [0.05, 0.1) is 10.5 Å². The Hall–Kier alpha value is -2.88. The number of carbonyl (C=O) groups is 2. The molecule has 0 bridgehead atoms. The second-order valence-corrected chi connectivity index (χ2v) is 8.16. The zero-order valence-corrected chi connectivity index (χ0v) is 18.1. The minimum atomic E-state index is -0.521. The van der Waals surface area contributed by atoms with Crippen LogP contribution in [-0.2, 0) is 4.74 Å². The highest BCUT2D eigenvalue weighted by molar-refractivity contribution is 6.00. The Morgan fingerprint density at radius 1 is 1.20 bits per heavy atom. The molecule has 1 aromatic carbocycles. The van der Waals surface area contributed by atoms with Crippen LogP contribution in [0.15, 0.2) is 18.2 Å². The van der Waals surface area contributed by atoms with E-state index in [1.165, 1.54) is 18.2 Å². The molecule has 10 nitrogen and oxygen atoms in total. The molecule has 1 fully saturated rings. The van der Waals surface area contributed by atoms with E-state index in [1.807, 2.05) is 20.8 Å². The molecule has 10 heteroatoms. The number of rotatable bonds is 7. The molecule has 0 saturated carbocycles. The molecule has 1 aliphatic rings. The molecule has 2 rings (SSSR count). The van der Waals surface area contributed by atoms with Gasteiger partial charge in [-0.2, -0.15) is 0 Å². The number of ether oxygens (including phenoxy) is 1. The summed E-state index contributed by atoms with van der Waals surface area (Å²) in [4.78, 5) is 38.9. The smallest absolute Gasteiger partial charge is 0.410 e. The van der Waals surface area contributed by atoms with Crippen molar-refractivity contribution in [3.05, 3.63) is 33.9 Å². The van der Waals surface area contributed by atoms with Gasteiger partial charge in [0.15, 0.2) is 0 Å². The van der Waals surface area contributed by atoms with Gasteiger partial charge in [0.2, 0.25) is 0 Å². The second kappa shape index (κ2) is 10.2. The summed E-state index contributed by atoms with van der Waals surface area (Å²) in [5.41, 5.74) is 0.162. The third-order valence-corrected chi connectivity index (χ3v) is 4.69. The van der Waals surface area contributed by atoms with Crippen LogP contribution in [0.25, 0.3) is 0 Å². The number of hydrogen-bond donors (Lipinski definition) is 2. The summed E-state index contributed by atoms with van der Waals surface area (Å²) < 4.78 is 5.40. The summed E-state index contributed by atoms with van der Waals surface area (Å²) >= 11 is 0. The number of amides is 2. The molecule has 0 atom stereocenters. The first-order chi connectivity index (χ1) is 14.1. The largest absolute Gasteiger partial charge is 0.444 e. The Labute approximate surface area is 176 Å². The normalized spacial score (nSPS) is 14.9. The molecule has 0 aliphatic carbocycles. The minimum absolute atomic E-state index is 0.123. The van der Waals surface area contributed by atoms with E-state index < -0.39 is 10.5 Å². The fourth-order valence-corrected chi connectivity index (χ4v) is 3.13. The Morgan fingerprint density at radius 3 is 2.43 bits per heavy atom. The molecule has 30 heavy (non-hydrogen) atoms. The molecule has 166 valence electrons. The van der Waals surface area contributed by atoms with E-state index in [2.05, 4.69) is 15.5 Å². The molecule has 2 N–H and O–H groups in total. The number of anilines is 1. The lowest BCUT2D eigenvalue weighted by Crippen LogP contribution is -2.50. The van der Waals surface area contributed by atoms with Gasteiger partial charge in [-0.25, -0.2) is 4.79 Å². The molecule has 0 aromatic heterocycles. The van der Waals surface area contributed by atoms with E-state index in [1.54, 1.807) is 11.9 Å². The summed E-state index contributed by atoms with van der Waals surface area (Å²) in [5.74, 6) is -0.349. The Balaban J connectivity index is 1.75. The summed E-state index contributed by atoms with van der Waals surface area (Å²) in [7, 11) is 1.66. The molecule has 1 aliphatic heterocycles. The van der Waals surface area contributed by atoms with Crippen LogP contribution in [0.4, 0.5) is 16.2 Å². The first kappa shape index (κ1) is 23.4. The van der Waals surface area contributed by atoms with Crippen LogP contribution in [0.5, 0.6) is 0 Å². The highest BCUT2D eigenvalue weighted by Gasteiger charge is 2.25. The summed E-state index contributed by atoms with van der Waals surface area (Å²) in [6.07, 6.45) is 0.453. The van der Waals surface area contributed by atoms with E-state index in [-0.39, 0.29) is 23.3 Å². The molecule has 0 radical (unpaired) electrons. The van der Waals surface area contributed by atoms with Crippen molar-refractivity contribution in [3.63, 3.8) is 0 Å². The first-order valence-electron chi connectivity index (χ1n) is 10.1. The van der Waals surface area contributed by atoms with Crippen molar-refractivity contribution in [1.29, 1.82) is 0 Å². The molecule has 0 spiro atoms. The van der Waals surface area contributed by atoms with Crippen LogP contribution in [0, 0.1) is 10.1 Å². The molecule has 0 unspecified atom stereocenters. The van der Waals surface area contributed by atoms with E-state index in [9.17, 15) is 19.7 Å². The zero-order valence-electron chi connectivity index (χ0n) is 18.1. The van der Waals surface area contributed by atoms with Crippen molar-refractivity contribution < 1.29 is 19.2 Å². The maximum atomic E-state index is 12.4. The maximum absolute atomic E-state index is 12.4. The quantitative estimate of drug-likeness (QED) is 0.394. The lowest BCUT2D eigenvalue weighted by molar-refractivity contribution is -0.384. The third kappa shape index (κ3) is 6.87. The van der Waals surface area contributed by atoms with Gasteiger partial charge in [-0.3, -0.25) is 19.8 Å². The van der Waals surface area contributed by atoms with Crippen molar-refractivity contribution >= 4 is 23.4 Å². The number of piperazine rings is 1. The van der Waals surface area contributed by atoms with Crippen LogP contribution < -0.4 is 10.6 Å². The van der Waals surface area contributed by atoms with E-state index in [0.717, 1.165) is 26.1 Å². The monoisotopic (exact) mass is 421 g/mol. The summed E-state index contributed by atoms with van der Waals surface area (Å²) in [5, 5.41) is 16.7. The Bertz CT molecular complexity index is 769. The molecule has 1 heterocycles.